The summed E-state index contributed by atoms with van der Waals surface area (Å²) in [7, 11) is 0. The number of hydrogen-bond donors (Lipinski definition) is 0. The van der Waals surface area contributed by atoms with Crippen LogP contribution in [0.1, 0.15) is 30.6 Å². The number of ketones is 1. The van der Waals surface area contributed by atoms with Crippen molar-refractivity contribution < 1.29 is 4.79 Å². The highest BCUT2D eigenvalue weighted by molar-refractivity contribution is 7.17. The van der Waals surface area contributed by atoms with Crippen molar-refractivity contribution in [1.82, 2.24) is 0 Å². The topological polar surface area (TPSA) is 17.1 Å². The molecule has 78 valence electrons. The van der Waals surface area contributed by atoms with Crippen LogP contribution in [0.2, 0.25) is 0 Å². The van der Waals surface area contributed by atoms with E-state index in [4.69, 9.17) is 0 Å². The Kier molecular flexibility index (Phi) is 2.87. The van der Waals surface area contributed by atoms with Crippen LogP contribution in [-0.4, -0.2) is 5.78 Å². The van der Waals surface area contributed by atoms with Crippen LogP contribution in [0, 0.1) is 5.92 Å². The number of thiophene rings is 1. The molecule has 0 aliphatic rings. The van der Waals surface area contributed by atoms with Gasteiger partial charge in [0, 0.05) is 26.9 Å². The highest BCUT2D eigenvalue weighted by Gasteiger charge is 2.16. The van der Waals surface area contributed by atoms with Crippen molar-refractivity contribution in [3.05, 3.63) is 35.2 Å². The number of fused-ring (bicyclic) bond motifs is 1. The van der Waals surface area contributed by atoms with Crippen LogP contribution in [0.5, 0.6) is 0 Å². The fourth-order valence-corrected chi connectivity index (χ4v) is 2.57. The zero-order valence-corrected chi connectivity index (χ0v) is 9.80. The normalized spacial score (nSPS) is 12.9. The zero-order valence-electron chi connectivity index (χ0n) is 8.99. The third-order valence-electron chi connectivity index (χ3n) is 2.81. The van der Waals surface area contributed by atoms with Crippen LogP contribution in [0.25, 0.3) is 10.1 Å². The molecule has 1 nitrogen and oxygen atoms in total. The molecule has 2 rings (SSSR count). The molecule has 2 heteroatoms. The van der Waals surface area contributed by atoms with E-state index in [9.17, 15) is 4.79 Å². The lowest BCUT2D eigenvalue weighted by Crippen LogP contribution is -2.09. The van der Waals surface area contributed by atoms with Crippen LogP contribution in [0.15, 0.2) is 29.6 Å². The molecule has 1 unspecified atom stereocenters. The molecule has 15 heavy (non-hydrogen) atoms. The SMILES string of the molecule is CCC(C)C(=O)c1csc2ccccc12. The van der Waals surface area contributed by atoms with E-state index in [2.05, 4.69) is 13.0 Å². The van der Waals surface area contributed by atoms with Crippen molar-refractivity contribution in [2.45, 2.75) is 20.3 Å². The first kappa shape index (κ1) is 10.4. The van der Waals surface area contributed by atoms with Gasteiger partial charge in [0.05, 0.1) is 0 Å². The second kappa shape index (κ2) is 4.15. The summed E-state index contributed by atoms with van der Waals surface area (Å²) in [5.74, 6) is 0.401. The lowest BCUT2D eigenvalue weighted by molar-refractivity contribution is 0.0929. The Labute approximate surface area is 93.7 Å². The summed E-state index contributed by atoms with van der Waals surface area (Å²) in [6.45, 7) is 4.05. The first-order valence-corrected chi connectivity index (χ1v) is 6.12. The molecule has 0 bridgehead atoms. The van der Waals surface area contributed by atoms with Gasteiger partial charge in [0.25, 0.3) is 0 Å². The summed E-state index contributed by atoms with van der Waals surface area (Å²) in [5, 5.41) is 3.09. The molecule has 1 aromatic heterocycles. The van der Waals surface area contributed by atoms with Crippen molar-refractivity contribution in [1.29, 1.82) is 0 Å². The zero-order chi connectivity index (χ0) is 10.8. The largest absolute Gasteiger partial charge is 0.294 e. The van der Waals surface area contributed by atoms with Gasteiger partial charge in [-0.3, -0.25) is 4.79 Å². The third kappa shape index (κ3) is 1.82. The Bertz CT molecular complexity index is 484. The van der Waals surface area contributed by atoms with Crippen LogP contribution >= 0.6 is 11.3 Å². The molecule has 0 spiro atoms. The average molecular weight is 218 g/mol. The Balaban J connectivity index is 2.48. The quantitative estimate of drug-likeness (QED) is 0.708. The number of hydrogen-bond acceptors (Lipinski definition) is 2. The third-order valence-corrected chi connectivity index (χ3v) is 3.77. The number of rotatable bonds is 3. The van der Waals surface area contributed by atoms with Gasteiger partial charge >= 0.3 is 0 Å². The highest BCUT2D eigenvalue weighted by atomic mass is 32.1. The van der Waals surface area contributed by atoms with Crippen LogP contribution in [-0.2, 0) is 0 Å². The second-order valence-electron chi connectivity index (χ2n) is 3.82. The number of benzene rings is 1. The molecule has 0 amide bonds. The molecule has 1 aromatic carbocycles. The molecule has 0 aliphatic carbocycles. The van der Waals surface area contributed by atoms with Crippen LogP contribution < -0.4 is 0 Å². The monoisotopic (exact) mass is 218 g/mol. The fraction of sp³-hybridized carbons (Fsp3) is 0.308. The first-order valence-electron chi connectivity index (χ1n) is 5.24. The minimum atomic E-state index is 0.128. The van der Waals surface area contributed by atoms with Crippen molar-refractivity contribution in [3.63, 3.8) is 0 Å². The Morgan fingerprint density at radius 3 is 2.87 bits per heavy atom. The molecule has 2 aromatic rings. The van der Waals surface area contributed by atoms with E-state index in [1.807, 2.05) is 30.5 Å². The van der Waals surface area contributed by atoms with Crippen molar-refractivity contribution in [2.75, 3.05) is 0 Å². The lowest BCUT2D eigenvalue weighted by Gasteiger charge is -2.05. The molecule has 1 heterocycles. The van der Waals surface area contributed by atoms with Gasteiger partial charge in [0.2, 0.25) is 0 Å². The molecular weight excluding hydrogens is 204 g/mol. The van der Waals surface area contributed by atoms with E-state index >= 15 is 0 Å². The van der Waals surface area contributed by atoms with Crippen LogP contribution in [0.4, 0.5) is 0 Å². The predicted molar refractivity (Wildman–Crippen MR) is 65.6 cm³/mol. The Hall–Kier alpha value is -1.15. The molecule has 0 radical (unpaired) electrons. The van der Waals surface area contributed by atoms with Gasteiger partial charge < -0.3 is 0 Å². The first-order chi connectivity index (χ1) is 7.24. The van der Waals surface area contributed by atoms with Gasteiger partial charge in [0.15, 0.2) is 5.78 Å². The standard InChI is InChI=1S/C13H14OS/c1-3-9(2)13(14)11-8-15-12-7-5-4-6-10(11)12/h4-9H,3H2,1-2H3. The number of Topliss-reactive ketones (excluding diaryl/α,β-unsaturated/α-hetero) is 1. The lowest BCUT2D eigenvalue weighted by atomic mass is 9.97. The van der Waals surface area contributed by atoms with Gasteiger partial charge in [0.1, 0.15) is 0 Å². The van der Waals surface area contributed by atoms with Gasteiger partial charge in [-0.2, -0.15) is 0 Å². The van der Waals surface area contributed by atoms with Crippen molar-refractivity contribution >= 4 is 27.2 Å². The minimum Gasteiger partial charge on any atom is -0.294 e. The van der Waals surface area contributed by atoms with Crippen molar-refractivity contribution in [2.24, 2.45) is 5.92 Å². The van der Waals surface area contributed by atoms with Crippen molar-refractivity contribution in [3.8, 4) is 0 Å². The summed E-state index contributed by atoms with van der Waals surface area (Å²) in [6.07, 6.45) is 0.906. The van der Waals surface area contributed by atoms with Crippen LogP contribution in [0.3, 0.4) is 0 Å². The molecule has 1 atom stereocenters. The minimum absolute atomic E-state index is 0.128. The molecule has 0 saturated heterocycles. The maximum atomic E-state index is 12.1. The number of carbonyl (C=O) groups excluding carboxylic acids is 1. The maximum absolute atomic E-state index is 12.1. The Morgan fingerprint density at radius 2 is 2.13 bits per heavy atom. The summed E-state index contributed by atoms with van der Waals surface area (Å²) >= 11 is 1.65. The molecule has 0 fully saturated rings. The molecule has 0 aliphatic heterocycles. The maximum Gasteiger partial charge on any atom is 0.167 e. The molecule has 0 saturated carbocycles. The van der Waals surface area contributed by atoms with E-state index in [1.165, 1.54) is 4.70 Å². The summed E-state index contributed by atoms with van der Waals surface area (Å²) in [5.41, 5.74) is 0.893. The van der Waals surface area contributed by atoms with Gasteiger partial charge in [-0.15, -0.1) is 11.3 Å². The fourth-order valence-electron chi connectivity index (χ4n) is 1.62. The second-order valence-corrected chi connectivity index (χ2v) is 4.73. The van der Waals surface area contributed by atoms with Gasteiger partial charge in [-0.1, -0.05) is 32.0 Å². The number of carbonyl (C=O) groups is 1. The summed E-state index contributed by atoms with van der Waals surface area (Å²) in [4.78, 5) is 12.1. The van der Waals surface area contributed by atoms with E-state index in [1.54, 1.807) is 11.3 Å². The molecule has 0 N–H and O–H groups in total. The average Bonchev–Trinajstić information content (AvgIpc) is 2.70. The van der Waals surface area contributed by atoms with E-state index in [-0.39, 0.29) is 11.7 Å². The van der Waals surface area contributed by atoms with Gasteiger partial charge in [-0.25, -0.2) is 0 Å². The van der Waals surface area contributed by atoms with Gasteiger partial charge in [-0.05, 0) is 12.5 Å². The smallest absolute Gasteiger partial charge is 0.167 e. The van der Waals surface area contributed by atoms with E-state index in [0.717, 1.165) is 17.4 Å². The summed E-state index contributed by atoms with van der Waals surface area (Å²) < 4.78 is 1.20. The summed E-state index contributed by atoms with van der Waals surface area (Å²) in [6, 6.07) is 8.09. The molecular formula is C13H14OS. The highest BCUT2D eigenvalue weighted by Crippen LogP contribution is 2.27. The Morgan fingerprint density at radius 1 is 1.40 bits per heavy atom. The van der Waals surface area contributed by atoms with E-state index < -0.39 is 0 Å². The van der Waals surface area contributed by atoms with E-state index in [0.29, 0.717) is 0 Å². The predicted octanol–water partition coefficient (Wildman–Crippen LogP) is 4.13.